The van der Waals surface area contributed by atoms with Crippen LogP contribution in [0.15, 0.2) is 46.9 Å². The molecule has 0 spiro atoms. The highest BCUT2D eigenvalue weighted by atomic mass is 35.5. The summed E-state index contributed by atoms with van der Waals surface area (Å²) in [4.78, 5) is 21.6. The number of carbonyl (C=O) groups is 1. The summed E-state index contributed by atoms with van der Waals surface area (Å²) < 4.78 is 11.4. The largest absolute Gasteiger partial charge is 0.494 e. The van der Waals surface area contributed by atoms with Gasteiger partial charge < -0.3 is 14.1 Å². The second-order valence-electron chi connectivity index (χ2n) is 8.09. The van der Waals surface area contributed by atoms with Crippen LogP contribution in [0.5, 0.6) is 5.75 Å². The van der Waals surface area contributed by atoms with E-state index in [4.69, 9.17) is 26.0 Å². The van der Waals surface area contributed by atoms with Crippen LogP contribution in [0.25, 0.3) is 11.1 Å². The van der Waals surface area contributed by atoms with Gasteiger partial charge in [0.1, 0.15) is 11.3 Å². The van der Waals surface area contributed by atoms with E-state index in [1.165, 1.54) is 0 Å². The third-order valence-electron chi connectivity index (χ3n) is 5.87. The van der Waals surface area contributed by atoms with Crippen molar-refractivity contribution >= 4 is 34.3 Å². The summed E-state index contributed by atoms with van der Waals surface area (Å²) in [6.07, 6.45) is 2.02. The summed E-state index contributed by atoms with van der Waals surface area (Å²) in [6, 6.07) is 15.0. The Bertz CT molecular complexity index is 1130. The normalized spacial score (nSPS) is 14.8. The molecule has 1 saturated heterocycles. The van der Waals surface area contributed by atoms with Gasteiger partial charge in [0.25, 0.3) is 0 Å². The maximum Gasteiger partial charge on any atom is 0.241 e. The monoisotopic (exact) mass is 466 g/mol. The Morgan fingerprint density at radius 1 is 1.27 bits per heavy atom. The Kier molecular flexibility index (Phi) is 7.48. The average Bonchev–Trinajstić information content (AvgIpc) is 3.24. The number of ether oxygens (including phenoxy) is 1. The van der Waals surface area contributed by atoms with Crippen molar-refractivity contribution in [2.45, 2.75) is 32.1 Å². The fourth-order valence-electron chi connectivity index (χ4n) is 4.16. The van der Waals surface area contributed by atoms with Gasteiger partial charge in [0.05, 0.1) is 25.6 Å². The minimum atomic E-state index is -0.00985. The molecular formula is C25H27ClN4O3. The van der Waals surface area contributed by atoms with Crippen LogP contribution in [0.4, 0.5) is 5.69 Å². The number of rotatable bonds is 8. The SMILES string of the molecule is CCOc1ccc(N(CCC#N)C(=O)CN2CCC(c3nc4cc(Cl)ccc4o3)CC2)cc1. The Morgan fingerprint density at radius 3 is 2.73 bits per heavy atom. The molecule has 8 heteroatoms. The second kappa shape index (κ2) is 10.7. The predicted molar refractivity (Wildman–Crippen MR) is 128 cm³/mol. The molecule has 0 radical (unpaired) electrons. The van der Waals surface area contributed by atoms with Crippen LogP contribution in [-0.2, 0) is 4.79 Å². The average molecular weight is 467 g/mol. The molecule has 1 aliphatic heterocycles. The van der Waals surface area contributed by atoms with Crippen LogP contribution in [0.1, 0.15) is 38.0 Å². The molecule has 3 aromatic rings. The van der Waals surface area contributed by atoms with Crippen molar-refractivity contribution in [2.24, 2.45) is 0 Å². The third-order valence-corrected chi connectivity index (χ3v) is 6.10. The number of halogens is 1. The summed E-state index contributed by atoms with van der Waals surface area (Å²) in [5.74, 6) is 1.72. The molecule has 0 bridgehead atoms. The zero-order valence-corrected chi connectivity index (χ0v) is 19.4. The number of anilines is 1. The van der Waals surface area contributed by atoms with E-state index in [-0.39, 0.29) is 18.2 Å². The molecular weight excluding hydrogens is 440 g/mol. The number of oxazole rings is 1. The van der Waals surface area contributed by atoms with E-state index in [0.29, 0.717) is 24.7 Å². The molecule has 0 atom stereocenters. The van der Waals surface area contributed by atoms with Crippen LogP contribution in [0.3, 0.4) is 0 Å². The van der Waals surface area contributed by atoms with Crippen molar-refractivity contribution in [3.8, 4) is 11.8 Å². The maximum atomic E-state index is 13.1. The van der Waals surface area contributed by atoms with Gasteiger partial charge in [-0.1, -0.05) is 11.6 Å². The molecule has 7 nitrogen and oxygen atoms in total. The Hall–Kier alpha value is -3.08. The lowest BCUT2D eigenvalue weighted by atomic mass is 9.97. The van der Waals surface area contributed by atoms with E-state index in [1.54, 1.807) is 11.0 Å². The topological polar surface area (TPSA) is 82.6 Å². The molecule has 0 aliphatic carbocycles. The molecule has 0 saturated carbocycles. The molecule has 1 fully saturated rings. The van der Waals surface area contributed by atoms with Gasteiger partial charge in [-0.15, -0.1) is 0 Å². The summed E-state index contributed by atoms with van der Waals surface area (Å²) in [5.41, 5.74) is 2.30. The molecule has 0 unspecified atom stereocenters. The van der Waals surface area contributed by atoms with Crippen molar-refractivity contribution in [3.63, 3.8) is 0 Å². The molecule has 2 aromatic carbocycles. The number of nitrogens with zero attached hydrogens (tertiary/aromatic N) is 4. The Balaban J connectivity index is 1.37. The van der Waals surface area contributed by atoms with Gasteiger partial charge in [-0.05, 0) is 75.3 Å². The summed E-state index contributed by atoms with van der Waals surface area (Å²) in [7, 11) is 0. The first-order chi connectivity index (χ1) is 16.1. The van der Waals surface area contributed by atoms with Crippen LogP contribution in [0.2, 0.25) is 5.02 Å². The molecule has 1 aliphatic rings. The van der Waals surface area contributed by atoms with E-state index in [1.807, 2.05) is 43.3 Å². The molecule has 0 N–H and O–H groups in total. The van der Waals surface area contributed by atoms with Gasteiger partial charge in [0, 0.05) is 23.2 Å². The number of hydrogen-bond acceptors (Lipinski definition) is 6. The van der Waals surface area contributed by atoms with Gasteiger partial charge in [-0.2, -0.15) is 5.26 Å². The number of likely N-dealkylation sites (tertiary alicyclic amines) is 1. The minimum absolute atomic E-state index is 0.00985. The molecule has 2 heterocycles. The van der Waals surface area contributed by atoms with Crippen LogP contribution in [0, 0.1) is 11.3 Å². The molecule has 1 aromatic heterocycles. The lowest BCUT2D eigenvalue weighted by Crippen LogP contribution is -2.43. The summed E-state index contributed by atoms with van der Waals surface area (Å²) in [6.45, 7) is 4.76. The third kappa shape index (κ3) is 5.65. The number of fused-ring (bicyclic) bond motifs is 1. The number of aromatic nitrogens is 1. The quantitative estimate of drug-likeness (QED) is 0.464. The van der Waals surface area contributed by atoms with Gasteiger partial charge >= 0.3 is 0 Å². The predicted octanol–water partition coefficient (Wildman–Crippen LogP) is 5.01. The zero-order chi connectivity index (χ0) is 23.2. The van der Waals surface area contributed by atoms with Gasteiger partial charge in [0.2, 0.25) is 5.91 Å². The lowest BCUT2D eigenvalue weighted by Gasteiger charge is -2.32. The standard InChI is InChI=1S/C25H27ClN4O3/c1-2-32-21-7-5-20(6-8-21)30(13-3-12-27)24(31)17-29-14-10-18(11-15-29)25-28-22-16-19(26)4-9-23(22)33-25/h4-9,16,18H,2-3,10-11,13-15,17H2,1H3. The minimum Gasteiger partial charge on any atom is -0.494 e. The lowest BCUT2D eigenvalue weighted by molar-refractivity contribution is -0.120. The number of amides is 1. The van der Waals surface area contributed by atoms with Crippen LogP contribution in [-0.4, -0.2) is 48.6 Å². The number of hydrogen-bond donors (Lipinski definition) is 0. The van der Waals surface area contributed by atoms with Crippen molar-refractivity contribution < 1.29 is 13.9 Å². The Morgan fingerprint density at radius 2 is 2.03 bits per heavy atom. The molecule has 1 amide bonds. The van der Waals surface area contributed by atoms with Gasteiger partial charge in [-0.25, -0.2) is 4.98 Å². The highest BCUT2D eigenvalue weighted by molar-refractivity contribution is 6.31. The first kappa shape index (κ1) is 23.1. The number of piperidine rings is 1. The van der Waals surface area contributed by atoms with E-state index in [2.05, 4.69) is 16.0 Å². The van der Waals surface area contributed by atoms with Crippen LogP contribution < -0.4 is 9.64 Å². The fraction of sp³-hybridized carbons (Fsp3) is 0.400. The van der Waals surface area contributed by atoms with Crippen molar-refractivity contribution in [1.82, 2.24) is 9.88 Å². The summed E-state index contributed by atoms with van der Waals surface area (Å²) in [5, 5.41) is 9.69. The van der Waals surface area contributed by atoms with E-state index >= 15 is 0 Å². The van der Waals surface area contributed by atoms with Crippen molar-refractivity contribution in [2.75, 3.05) is 37.7 Å². The molecule has 172 valence electrons. The summed E-state index contributed by atoms with van der Waals surface area (Å²) >= 11 is 6.06. The highest BCUT2D eigenvalue weighted by Crippen LogP contribution is 2.31. The van der Waals surface area contributed by atoms with E-state index in [9.17, 15) is 4.79 Å². The van der Waals surface area contributed by atoms with Crippen molar-refractivity contribution in [3.05, 3.63) is 53.4 Å². The van der Waals surface area contributed by atoms with E-state index < -0.39 is 0 Å². The number of nitriles is 1. The number of benzene rings is 2. The zero-order valence-electron chi connectivity index (χ0n) is 18.7. The van der Waals surface area contributed by atoms with E-state index in [0.717, 1.165) is 54.4 Å². The van der Waals surface area contributed by atoms with Crippen molar-refractivity contribution in [1.29, 1.82) is 5.26 Å². The first-order valence-corrected chi connectivity index (χ1v) is 11.6. The smallest absolute Gasteiger partial charge is 0.241 e. The highest BCUT2D eigenvalue weighted by Gasteiger charge is 2.27. The van der Waals surface area contributed by atoms with Gasteiger partial charge in [-0.3, -0.25) is 9.69 Å². The first-order valence-electron chi connectivity index (χ1n) is 11.3. The Labute approximate surface area is 198 Å². The van der Waals surface area contributed by atoms with Gasteiger partial charge in [0.15, 0.2) is 11.5 Å². The maximum absolute atomic E-state index is 13.1. The van der Waals surface area contributed by atoms with Crippen LogP contribution >= 0.6 is 11.6 Å². The number of carbonyl (C=O) groups excluding carboxylic acids is 1. The fourth-order valence-corrected chi connectivity index (χ4v) is 4.32. The molecule has 33 heavy (non-hydrogen) atoms. The second-order valence-corrected chi connectivity index (χ2v) is 8.53. The molecule has 4 rings (SSSR count).